The number of carbonyl (C=O) groups is 1. The molecule has 0 aromatic heterocycles. The van der Waals surface area contributed by atoms with Gasteiger partial charge in [0.2, 0.25) is 0 Å². The molecule has 4 fully saturated rings. The summed E-state index contributed by atoms with van der Waals surface area (Å²) in [7, 11) is -3.84. The van der Waals surface area contributed by atoms with E-state index in [0.717, 1.165) is 51.4 Å². The first-order valence-electron chi connectivity index (χ1n) is 11.1. The molecular weight excluding hydrogens is 444 g/mol. The fourth-order valence-corrected chi connectivity index (χ4v) is 9.28. The monoisotopic (exact) mass is 474 g/mol. The molecule has 4 aliphatic rings. The Balaban J connectivity index is 1.46. The standard InChI is InChI=1S/C22H31ClO5S2/c1-21-8-6-16-15-7-9-22(25,10-11-23)12-14(15)2-3-17(16)18(21)4-5-19(21)20(24)13-29-30(26,27)28/h14-19,25H,2-9,12-13H2,1H3,(H,26,27,28)/t14-,15+,16-,17-,18+,19-,21+,22-/m1/s1. The Bertz CT molecular complexity index is 864. The van der Waals surface area contributed by atoms with Gasteiger partial charge in [-0.25, -0.2) is 0 Å². The minimum Gasteiger partial charge on any atom is -0.378 e. The predicted molar refractivity (Wildman–Crippen MR) is 118 cm³/mol. The Morgan fingerprint density at radius 3 is 2.53 bits per heavy atom. The fourth-order valence-electron chi connectivity index (χ4n) is 7.84. The van der Waals surface area contributed by atoms with Crippen LogP contribution in [0.15, 0.2) is 0 Å². The number of hydrogen-bond donors (Lipinski definition) is 2. The Hall–Kier alpha value is -0.260. The van der Waals surface area contributed by atoms with Crippen LogP contribution in [0.3, 0.4) is 0 Å². The van der Waals surface area contributed by atoms with Gasteiger partial charge in [0.1, 0.15) is 11.4 Å². The summed E-state index contributed by atoms with van der Waals surface area (Å²) in [5.74, 6) is 5.41. The summed E-state index contributed by atoms with van der Waals surface area (Å²) in [6.45, 7) is 2.24. The molecule has 0 unspecified atom stereocenters. The van der Waals surface area contributed by atoms with Gasteiger partial charge < -0.3 is 5.11 Å². The van der Waals surface area contributed by atoms with E-state index in [0.29, 0.717) is 46.8 Å². The van der Waals surface area contributed by atoms with Gasteiger partial charge in [0, 0.05) is 22.1 Å². The first-order chi connectivity index (χ1) is 14.1. The molecule has 0 heterocycles. The second kappa shape index (κ2) is 8.26. The molecule has 8 atom stereocenters. The summed E-state index contributed by atoms with van der Waals surface area (Å²) in [4.78, 5) is 12.8. The molecule has 4 rings (SSSR count). The minimum absolute atomic E-state index is 0.0304. The van der Waals surface area contributed by atoms with Crippen LogP contribution in [0.1, 0.15) is 64.7 Å². The molecule has 2 N–H and O–H groups in total. The number of rotatable bonds is 4. The number of aliphatic hydroxyl groups is 1. The Morgan fingerprint density at radius 2 is 1.83 bits per heavy atom. The summed E-state index contributed by atoms with van der Waals surface area (Å²) in [6, 6.07) is 0. The number of halogens is 1. The molecule has 4 aliphatic carbocycles. The molecule has 168 valence electrons. The van der Waals surface area contributed by atoms with Crippen molar-refractivity contribution in [1.29, 1.82) is 0 Å². The van der Waals surface area contributed by atoms with Crippen molar-refractivity contribution in [2.24, 2.45) is 40.9 Å². The maximum absolute atomic E-state index is 12.8. The van der Waals surface area contributed by atoms with E-state index >= 15 is 0 Å². The molecule has 0 aromatic rings. The lowest BCUT2D eigenvalue weighted by molar-refractivity contribution is -0.129. The highest BCUT2D eigenvalue weighted by molar-refractivity contribution is 8.70. The molecular formula is C22H31ClO5S2. The van der Waals surface area contributed by atoms with Crippen molar-refractivity contribution in [2.75, 3.05) is 5.75 Å². The van der Waals surface area contributed by atoms with E-state index in [9.17, 15) is 18.3 Å². The number of hydrogen-bond acceptors (Lipinski definition) is 5. The largest absolute Gasteiger partial charge is 0.378 e. The lowest BCUT2D eigenvalue weighted by atomic mass is 9.49. The summed E-state index contributed by atoms with van der Waals surface area (Å²) in [5.41, 5.74) is -1.00. The van der Waals surface area contributed by atoms with Gasteiger partial charge in [-0.05, 0) is 104 Å². The van der Waals surface area contributed by atoms with E-state index < -0.39 is 14.8 Å². The summed E-state index contributed by atoms with van der Waals surface area (Å²) in [6.07, 6.45) is 8.60. The molecule has 8 heteroatoms. The molecule has 5 nitrogen and oxygen atoms in total. The SMILES string of the molecule is C[C@]12CC[C@H]3[C@@H](CC[C@@H]4C[C@](O)(C#CCl)CC[C@@H]43)[C@@H]1CC[C@@H]2C(=O)CSS(=O)(=O)O. The van der Waals surface area contributed by atoms with Crippen molar-refractivity contribution in [3.63, 3.8) is 0 Å². The fraction of sp³-hybridized carbons (Fsp3) is 0.864. The molecule has 0 aromatic carbocycles. The van der Waals surface area contributed by atoms with Crippen molar-refractivity contribution in [1.82, 2.24) is 0 Å². The van der Waals surface area contributed by atoms with Crippen LogP contribution in [0.5, 0.6) is 0 Å². The zero-order chi connectivity index (χ0) is 21.7. The van der Waals surface area contributed by atoms with Crippen molar-refractivity contribution < 1.29 is 22.9 Å². The van der Waals surface area contributed by atoms with Crippen LogP contribution < -0.4 is 0 Å². The van der Waals surface area contributed by atoms with Crippen molar-refractivity contribution in [3.8, 4) is 11.3 Å². The summed E-state index contributed by atoms with van der Waals surface area (Å²) < 4.78 is 31.1. The minimum atomic E-state index is -4.19. The van der Waals surface area contributed by atoms with Gasteiger partial charge in [-0.1, -0.05) is 12.8 Å². The van der Waals surface area contributed by atoms with Crippen LogP contribution in [-0.2, 0) is 13.9 Å². The van der Waals surface area contributed by atoms with Crippen LogP contribution in [0, 0.1) is 52.2 Å². The molecule has 0 aliphatic heterocycles. The highest BCUT2D eigenvalue weighted by Crippen LogP contribution is 2.64. The predicted octanol–water partition coefficient (Wildman–Crippen LogP) is 4.29. The van der Waals surface area contributed by atoms with Crippen molar-refractivity contribution in [2.45, 2.75) is 70.3 Å². The van der Waals surface area contributed by atoms with E-state index in [1.54, 1.807) is 0 Å². The van der Waals surface area contributed by atoms with Crippen LogP contribution in [0.2, 0.25) is 0 Å². The maximum Gasteiger partial charge on any atom is 0.320 e. The highest BCUT2D eigenvalue weighted by atomic mass is 35.5. The van der Waals surface area contributed by atoms with Crippen LogP contribution >= 0.6 is 22.4 Å². The second-order valence-corrected chi connectivity index (χ2v) is 13.8. The van der Waals surface area contributed by atoms with E-state index in [2.05, 4.69) is 18.2 Å². The normalized spacial score (nSPS) is 45.5. The number of Topliss-reactive ketones (excluding diaryl/α,β-unsaturated/α-hetero) is 1. The van der Waals surface area contributed by atoms with Gasteiger partial charge in [0.15, 0.2) is 0 Å². The van der Waals surface area contributed by atoms with Crippen molar-refractivity contribution >= 4 is 37.3 Å². The third-order valence-corrected chi connectivity index (χ3v) is 11.1. The first kappa shape index (κ1) is 22.9. The summed E-state index contributed by atoms with van der Waals surface area (Å²) in [5, 5.41) is 13.1. The maximum atomic E-state index is 12.8. The third-order valence-electron chi connectivity index (χ3n) is 9.03. The zero-order valence-corrected chi connectivity index (χ0v) is 19.7. The third kappa shape index (κ3) is 4.20. The van der Waals surface area contributed by atoms with Gasteiger partial charge in [-0.3, -0.25) is 9.35 Å². The molecule has 0 amide bonds. The number of fused-ring (bicyclic) bond motifs is 5. The molecule has 4 saturated carbocycles. The number of carbonyl (C=O) groups excluding carboxylic acids is 1. The smallest absolute Gasteiger partial charge is 0.320 e. The van der Waals surface area contributed by atoms with E-state index in [-0.39, 0.29) is 22.9 Å². The molecule has 0 saturated heterocycles. The van der Waals surface area contributed by atoms with Gasteiger partial charge in [-0.2, -0.15) is 8.42 Å². The Labute approximate surface area is 188 Å². The molecule has 30 heavy (non-hydrogen) atoms. The highest BCUT2D eigenvalue weighted by Gasteiger charge is 2.58. The quantitative estimate of drug-likeness (QED) is 0.358. The molecule has 0 spiro atoms. The average molecular weight is 475 g/mol. The van der Waals surface area contributed by atoms with Crippen molar-refractivity contribution in [3.05, 3.63) is 0 Å². The Kier molecular flexibility index (Phi) is 6.31. The second-order valence-electron chi connectivity index (χ2n) is 10.3. The van der Waals surface area contributed by atoms with E-state index in [4.69, 9.17) is 16.2 Å². The van der Waals surface area contributed by atoms with Crippen LogP contribution in [0.4, 0.5) is 0 Å². The summed E-state index contributed by atoms with van der Waals surface area (Å²) >= 11 is 5.58. The molecule has 0 bridgehead atoms. The van der Waals surface area contributed by atoms with E-state index in [1.807, 2.05) is 0 Å². The van der Waals surface area contributed by atoms with Crippen LogP contribution in [-0.4, -0.2) is 35.2 Å². The topological polar surface area (TPSA) is 91.7 Å². The van der Waals surface area contributed by atoms with Gasteiger partial charge in [0.05, 0.1) is 5.75 Å². The van der Waals surface area contributed by atoms with Gasteiger partial charge in [-0.15, -0.1) is 0 Å². The van der Waals surface area contributed by atoms with Gasteiger partial charge in [0.25, 0.3) is 0 Å². The number of ketones is 1. The lowest BCUT2D eigenvalue weighted by Crippen LogP contribution is -2.51. The van der Waals surface area contributed by atoms with Gasteiger partial charge >= 0.3 is 9.15 Å². The zero-order valence-electron chi connectivity index (χ0n) is 17.3. The lowest BCUT2D eigenvalue weighted by Gasteiger charge is -2.56. The van der Waals surface area contributed by atoms with E-state index in [1.165, 1.54) is 0 Å². The van der Waals surface area contributed by atoms with Crippen LogP contribution in [0.25, 0.3) is 0 Å². The Morgan fingerprint density at radius 1 is 1.10 bits per heavy atom. The first-order valence-corrected chi connectivity index (χ1v) is 14.4. The molecule has 0 radical (unpaired) electrons. The average Bonchev–Trinajstić information content (AvgIpc) is 3.02.